The van der Waals surface area contributed by atoms with Gasteiger partial charge in [0.25, 0.3) is 0 Å². The number of anilines is 1. The van der Waals surface area contributed by atoms with E-state index in [9.17, 15) is 19.5 Å². The van der Waals surface area contributed by atoms with Gasteiger partial charge in [0.05, 0.1) is 36.7 Å². The summed E-state index contributed by atoms with van der Waals surface area (Å²) < 4.78 is 12.4. The van der Waals surface area contributed by atoms with E-state index in [-0.39, 0.29) is 35.7 Å². The lowest BCUT2D eigenvalue weighted by Crippen LogP contribution is -2.60. The van der Waals surface area contributed by atoms with Crippen molar-refractivity contribution in [3.05, 3.63) is 60.2 Å². The fourth-order valence-corrected chi connectivity index (χ4v) is 8.53. The molecule has 0 aliphatic carbocycles. The second-order valence-corrected chi connectivity index (χ2v) is 15.1. The number of ether oxygens (including phenoxy) is 2. The van der Waals surface area contributed by atoms with Crippen molar-refractivity contribution in [2.24, 2.45) is 23.2 Å². The molecule has 3 aliphatic heterocycles. The topological polar surface area (TPSA) is 117 Å². The molecule has 3 fully saturated rings. The van der Waals surface area contributed by atoms with Gasteiger partial charge in [-0.2, -0.15) is 0 Å². The number of aliphatic hydroxyl groups excluding tert-OH is 1. The first-order valence-electron chi connectivity index (χ1n) is 16.1. The number of likely N-dealkylation sites (tertiary alicyclic amines) is 1. The summed E-state index contributed by atoms with van der Waals surface area (Å²) in [4.78, 5) is 45.0. The van der Waals surface area contributed by atoms with E-state index in [1.54, 1.807) is 24.3 Å². The molecule has 0 radical (unpaired) electrons. The van der Waals surface area contributed by atoms with Crippen LogP contribution < -0.4 is 15.4 Å². The van der Waals surface area contributed by atoms with E-state index < -0.39 is 40.7 Å². The highest BCUT2D eigenvalue weighted by Gasteiger charge is 2.80. The molecule has 3 N–H and O–H groups in total. The first-order chi connectivity index (χ1) is 21.1. The molecule has 9 nitrogen and oxygen atoms in total. The Kier molecular flexibility index (Phi) is 8.59. The molecule has 7 atom stereocenters. The molecular formula is C36H49N3O6. The van der Waals surface area contributed by atoms with Gasteiger partial charge in [-0.25, -0.2) is 0 Å². The molecule has 5 rings (SSSR count). The highest BCUT2D eigenvalue weighted by molar-refractivity contribution is 6.02. The number of hydrogen-bond donors (Lipinski definition) is 3. The summed E-state index contributed by atoms with van der Waals surface area (Å²) in [6, 6.07) is 14.5. The van der Waals surface area contributed by atoms with Crippen LogP contribution in [0.1, 0.15) is 79.8 Å². The number of carbonyl (C=O) groups is 3. The summed E-state index contributed by atoms with van der Waals surface area (Å²) in [6.07, 6.45) is 1.14. The zero-order valence-corrected chi connectivity index (χ0v) is 27.8. The van der Waals surface area contributed by atoms with Crippen molar-refractivity contribution < 1.29 is 29.0 Å². The van der Waals surface area contributed by atoms with Crippen molar-refractivity contribution >= 4 is 23.4 Å². The van der Waals surface area contributed by atoms with Gasteiger partial charge in [0.2, 0.25) is 17.7 Å². The highest BCUT2D eigenvalue weighted by Crippen LogP contribution is 2.66. The second-order valence-electron chi connectivity index (χ2n) is 15.1. The summed E-state index contributed by atoms with van der Waals surface area (Å²) in [7, 11) is 0. The minimum Gasteiger partial charge on any atom is -0.494 e. The van der Waals surface area contributed by atoms with Crippen LogP contribution in [-0.2, 0) is 19.1 Å². The van der Waals surface area contributed by atoms with Crippen LogP contribution in [0.3, 0.4) is 0 Å². The Labute approximate surface area is 267 Å². The Bertz CT molecular complexity index is 1420. The maximum atomic E-state index is 14.7. The van der Waals surface area contributed by atoms with E-state index in [1.165, 1.54) is 4.90 Å². The van der Waals surface area contributed by atoms with Gasteiger partial charge in [0.1, 0.15) is 17.4 Å². The number of rotatable bonds is 10. The van der Waals surface area contributed by atoms with E-state index in [2.05, 4.69) is 31.4 Å². The highest BCUT2D eigenvalue weighted by atomic mass is 16.5. The lowest BCUT2D eigenvalue weighted by atomic mass is 9.62. The van der Waals surface area contributed by atoms with Gasteiger partial charge < -0.3 is 30.1 Å². The predicted octanol–water partition coefficient (Wildman–Crippen LogP) is 5.10. The van der Waals surface area contributed by atoms with E-state index in [0.29, 0.717) is 36.4 Å². The van der Waals surface area contributed by atoms with Gasteiger partial charge in [-0.3, -0.25) is 14.4 Å². The second kappa shape index (κ2) is 11.7. The largest absolute Gasteiger partial charge is 0.494 e. The fourth-order valence-electron chi connectivity index (χ4n) is 8.53. The van der Waals surface area contributed by atoms with Crippen LogP contribution in [0.15, 0.2) is 54.6 Å². The third-order valence-corrected chi connectivity index (χ3v) is 9.84. The standard InChI is InChI=1S/C36H49N3O6/c1-9-44-25-17-15-24(16-18-25)37-30(41)27-28-32(43)39(26(20-40)23-13-11-10-12-14-23)29(36(28)19-22(2)35(27,8)45-36)31(42)38-34(6,7)21-33(3,4)5/h10-18,22,26-29,40H,9,19-21H2,1-8H3,(H,37,41)(H,38,42)/t22?,26-,27-,28+,29?,35+,36?/m1/s1. The van der Waals surface area contributed by atoms with Crippen molar-refractivity contribution in [2.75, 3.05) is 18.5 Å². The van der Waals surface area contributed by atoms with Gasteiger partial charge in [-0.15, -0.1) is 0 Å². The Morgan fingerprint density at radius 3 is 2.29 bits per heavy atom. The third kappa shape index (κ3) is 5.85. The van der Waals surface area contributed by atoms with Crippen molar-refractivity contribution in [1.82, 2.24) is 10.2 Å². The minimum atomic E-state index is -1.24. The van der Waals surface area contributed by atoms with Gasteiger partial charge >= 0.3 is 0 Å². The average Bonchev–Trinajstić information content (AvgIpc) is 3.46. The van der Waals surface area contributed by atoms with Crippen molar-refractivity contribution in [3.8, 4) is 5.75 Å². The minimum absolute atomic E-state index is 0.0607. The Balaban J connectivity index is 1.56. The Morgan fingerprint density at radius 2 is 1.71 bits per heavy atom. The molecule has 0 saturated carbocycles. The normalized spacial score (nSPS) is 29.8. The lowest BCUT2D eigenvalue weighted by molar-refractivity contribution is -0.150. The van der Waals surface area contributed by atoms with E-state index in [4.69, 9.17) is 9.47 Å². The molecule has 3 aliphatic rings. The van der Waals surface area contributed by atoms with E-state index in [1.807, 2.05) is 65.0 Å². The van der Waals surface area contributed by atoms with Gasteiger partial charge in [-0.1, -0.05) is 58.0 Å². The number of fused-ring (bicyclic) bond motifs is 1. The summed E-state index contributed by atoms with van der Waals surface area (Å²) in [5.74, 6) is -2.19. The number of hydrogen-bond acceptors (Lipinski definition) is 6. The molecule has 2 bridgehead atoms. The molecule has 0 aromatic heterocycles. The molecule has 3 unspecified atom stereocenters. The third-order valence-electron chi connectivity index (χ3n) is 9.84. The van der Waals surface area contributed by atoms with E-state index >= 15 is 0 Å². The zero-order chi connectivity index (χ0) is 32.9. The maximum absolute atomic E-state index is 14.7. The number of amides is 3. The van der Waals surface area contributed by atoms with Gasteiger partial charge in [-0.05, 0) is 81.7 Å². The van der Waals surface area contributed by atoms with Crippen LogP contribution in [0, 0.1) is 23.2 Å². The number of nitrogens with one attached hydrogen (secondary N) is 2. The van der Waals surface area contributed by atoms with Crippen LogP contribution in [0.4, 0.5) is 5.69 Å². The fraction of sp³-hybridized carbons (Fsp3) is 0.583. The number of nitrogens with zero attached hydrogens (tertiary/aromatic N) is 1. The first-order valence-corrected chi connectivity index (χ1v) is 16.1. The van der Waals surface area contributed by atoms with Gasteiger partial charge in [0.15, 0.2) is 0 Å². The molecule has 3 saturated heterocycles. The van der Waals surface area contributed by atoms with E-state index in [0.717, 1.165) is 0 Å². The molecule has 244 valence electrons. The number of aliphatic hydroxyl groups is 1. The van der Waals surface area contributed by atoms with Crippen molar-refractivity contribution in [2.45, 2.75) is 97.1 Å². The lowest BCUT2D eigenvalue weighted by Gasteiger charge is -2.40. The molecule has 1 spiro atoms. The molecular weight excluding hydrogens is 570 g/mol. The van der Waals surface area contributed by atoms with Crippen LogP contribution in [0.5, 0.6) is 5.75 Å². The summed E-state index contributed by atoms with van der Waals surface area (Å²) in [6.45, 7) is 16.3. The van der Waals surface area contributed by atoms with Crippen LogP contribution in [0.25, 0.3) is 0 Å². The van der Waals surface area contributed by atoms with Crippen LogP contribution in [-0.4, -0.2) is 63.7 Å². The van der Waals surface area contributed by atoms with Crippen LogP contribution >= 0.6 is 0 Å². The summed E-state index contributed by atoms with van der Waals surface area (Å²) >= 11 is 0. The predicted molar refractivity (Wildman–Crippen MR) is 172 cm³/mol. The quantitative estimate of drug-likeness (QED) is 0.341. The number of carbonyl (C=O) groups excluding carboxylic acids is 3. The van der Waals surface area contributed by atoms with Crippen molar-refractivity contribution in [3.63, 3.8) is 0 Å². The number of benzene rings is 2. The average molecular weight is 620 g/mol. The zero-order valence-electron chi connectivity index (χ0n) is 27.8. The maximum Gasteiger partial charge on any atom is 0.246 e. The smallest absolute Gasteiger partial charge is 0.246 e. The van der Waals surface area contributed by atoms with Crippen LogP contribution in [0.2, 0.25) is 0 Å². The molecule has 9 heteroatoms. The molecule has 45 heavy (non-hydrogen) atoms. The molecule has 2 aromatic rings. The van der Waals surface area contributed by atoms with Crippen molar-refractivity contribution in [1.29, 1.82) is 0 Å². The molecule has 2 aromatic carbocycles. The SMILES string of the molecule is CCOc1ccc(NC(=O)[C@H]2[C@H]3C(=O)N([C@H](CO)c4ccccc4)C(C(=O)NC(C)(C)CC(C)(C)C)C34CC(C)[C@]2(C)O4)cc1. The Hall–Kier alpha value is -3.43. The molecule has 3 heterocycles. The summed E-state index contributed by atoms with van der Waals surface area (Å²) in [5.41, 5.74) is -1.57. The first kappa shape index (κ1) is 32.9. The summed E-state index contributed by atoms with van der Waals surface area (Å²) in [5, 5.41) is 17.0. The monoisotopic (exact) mass is 619 g/mol. The molecule has 3 amide bonds. The van der Waals surface area contributed by atoms with Gasteiger partial charge in [0, 0.05) is 11.2 Å². The Morgan fingerprint density at radius 1 is 1.07 bits per heavy atom.